The fraction of sp³-hybridized carbons (Fsp3) is 0.156. The van der Waals surface area contributed by atoms with Crippen molar-refractivity contribution in [2.24, 2.45) is 0 Å². The maximum atomic E-state index is 12.0. The van der Waals surface area contributed by atoms with Crippen LogP contribution in [0.5, 0.6) is 34.5 Å². The van der Waals surface area contributed by atoms with Crippen LogP contribution in [0.4, 0.5) is 0 Å². The van der Waals surface area contributed by atoms with Gasteiger partial charge in [0.25, 0.3) is 0 Å². The quantitative estimate of drug-likeness (QED) is 0.121. The smallest absolute Gasteiger partial charge is 0.313 e. The van der Waals surface area contributed by atoms with Crippen molar-refractivity contribution < 1.29 is 38.1 Å². The van der Waals surface area contributed by atoms with Crippen LogP contribution < -0.4 is 18.9 Å². The molecule has 4 aromatic carbocycles. The number of ketones is 2. The Kier molecular flexibility index (Phi) is 10.8. The zero-order valence-corrected chi connectivity index (χ0v) is 22.7. The van der Waals surface area contributed by atoms with Crippen LogP contribution in [0, 0.1) is 0 Å². The van der Waals surface area contributed by atoms with Gasteiger partial charge in [-0.05, 0) is 67.6 Å². The molecule has 0 amide bonds. The van der Waals surface area contributed by atoms with Crippen LogP contribution in [0.25, 0.3) is 0 Å². The summed E-state index contributed by atoms with van der Waals surface area (Å²) in [6, 6.07) is 28.6. The second-order valence-electron chi connectivity index (χ2n) is 8.29. The lowest BCUT2D eigenvalue weighted by molar-refractivity contribution is -0.139. The molecular weight excluding hydrogens is 512 g/mol. The third-order valence-corrected chi connectivity index (χ3v) is 5.53. The lowest BCUT2D eigenvalue weighted by Gasteiger charge is -2.11. The molecule has 0 radical (unpaired) electrons. The van der Waals surface area contributed by atoms with Crippen molar-refractivity contribution in [3.05, 3.63) is 108 Å². The van der Waals surface area contributed by atoms with Gasteiger partial charge in [0.05, 0.1) is 21.3 Å². The Bertz CT molecular complexity index is 1430. The summed E-state index contributed by atoms with van der Waals surface area (Å²) < 4.78 is 26.4. The third-order valence-electron chi connectivity index (χ3n) is 5.53. The van der Waals surface area contributed by atoms with E-state index in [1.165, 1.54) is 21.1 Å². The van der Waals surface area contributed by atoms with Gasteiger partial charge < -0.3 is 23.7 Å². The van der Waals surface area contributed by atoms with E-state index in [-0.39, 0.29) is 18.0 Å². The summed E-state index contributed by atoms with van der Waals surface area (Å²) in [4.78, 5) is 34.4. The monoisotopic (exact) mass is 542 g/mol. The molecule has 0 aromatic heterocycles. The van der Waals surface area contributed by atoms with Crippen molar-refractivity contribution in [3.63, 3.8) is 0 Å². The second kappa shape index (κ2) is 14.7. The Morgan fingerprint density at radius 1 is 0.575 bits per heavy atom. The second-order valence-corrected chi connectivity index (χ2v) is 8.29. The highest BCUT2D eigenvalue weighted by Crippen LogP contribution is 2.33. The topological polar surface area (TPSA) is 97.4 Å². The average Bonchev–Trinajstić information content (AvgIpc) is 2.98. The van der Waals surface area contributed by atoms with Crippen LogP contribution in [-0.2, 0) is 9.53 Å². The average molecular weight is 543 g/mol. The first kappa shape index (κ1) is 29.4. The number of hydrogen-bond acceptors (Lipinski definition) is 8. The van der Waals surface area contributed by atoms with Crippen LogP contribution in [0.15, 0.2) is 97.1 Å². The molecule has 0 bridgehead atoms. The Labute approximate surface area is 233 Å². The molecule has 0 unspecified atom stereocenters. The van der Waals surface area contributed by atoms with Crippen LogP contribution in [0.3, 0.4) is 0 Å². The van der Waals surface area contributed by atoms with Crippen molar-refractivity contribution >= 4 is 17.5 Å². The summed E-state index contributed by atoms with van der Waals surface area (Å²) in [7, 11) is 4.28. The first-order chi connectivity index (χ1) is 19.3. The Morgan fingerprint density at radius 3 is 1.45 bits per heavy atom. The van der Waals surface area contributed by atoms with E-state index in [9.17, 15) is 14.4 Å². The summed E-state index contributed by atoms with van der Waals surface area (Å²) in [6.07, 6.45) is -0.307. The summed E-state index contributed by atoms with van der Waals surface area (Å²) in [5.41, 5.74) is 0.968. The summed E-state index contributed by atoms with van der Waals surface area (Å²) in [6.45, 7) is 1.52. The van der Waals surface area contributed by atoms with Gasteiger partial charge in [-0.15, -0.1) is 0 Å². The van der Waals surface area contributed by atoms with Crippen LogP contribution in [-0.4, -0.2) is 38.9 Å². The van der Waals surface area contributed by atoms with Crippen LogP contribution in [0.2, 0.25) is 0 Å². The molecule has 0 aliphatic carbocycles. The highest BCUT2D eigenvalue weighted by molar-refractivity contribution is 6.06. The molecule has 0 N–H and O–H groups in total. The molecular formula is C32H30O8. The minimum atomic E-state index is -0.575. The van der Waals surface area contributed by atoms with Gasteiger partial charge in [-0.1, -0.05) is 36.4 Å². The normalized spacial score (nSPS) is 9.90. The van der Waals surface area contributed by atoms with Crippen LogP contribution in [0.1, 0.15) is 34.1 Å². The van der Waals surface area contributed by atoms with E-state index in [0.717, 1.165) is 5.75 Å². The van der Waals surface area contributed by atoms with Gasteiger partial charge in [0.1, 0.15) is 17.9 Å². The van der Waals surface area contributed by atoms with E-state index in [1.54, 1.807) is 43.5 Å². The Hall–Kier alpha value is -5.11. The van der Waals surface area contributed by atoms with E-state index in [1.807, 2.05) is 60.7 Å². The van der Waals surface area contributed by atoms with Gasteiger partial charge in [0.2, 0.25) is 0 Å². The minimum Gasteiger partial charge on any atom is -0.493 e. The molecule has 0 saturated carbocycles. The standard InChI is InChI=1S/C17H16O5.C15H14O3/c1-20-16-10-12(14(18)11-17(19)21-2)8-9-15(16)22-13-6-4-3-5-7-13;1-11(16)12-8-9-14(15(10-12)17-2)18-13-6-4-3-5-7-13/h3-10H,11H2,1-2H3;3-10H,1-2H3. The van der Waals surface area contributed by atoms with Gasteiger partial charge in [-0.25, -0.2) is 0 Å². The van der Waals surface area contributed by atoms with Gasteiger partial charge in [-0.3, -0.25) is 14.4 Å². The maximum absolute atomic E-state index is 12.0. The third kappa shape index (κ3) is 8.46. The SMILES string of the molecule is COC(=O)CC(=O)c1ccc(Oc2ccccc2)c(OC)c1.COc1cc(C(C)=O)ccc1Oc1ccccc1. The fourth-order valence-electron chi connectivity index (χ4n) is 3.43. The molecule has 40 heavy (non-hydrogen) atoms. The highest BCUT2D eigenvalue weighted by Gasteiger charge is 2.15. The van der Waals surface area contributed by atoms with Crippen molar-refractivity contribution in [3.8, 4) is 34.5 Å². The number of para-hydroxylation sites is 2. The van der Waals surface area contributed by atoms with Gasteiger partial charge in [0, 0.05) is 11.1 Å². The molecule has 4 aromatic rings. The predicted molar refractivity (Wildman–Crippen MR) is 150 cm³/mol. The zero-order chi connectivity index (χ0) is 28.9. The number of carbonyl (C=O) groups excluding carboxylic acids is 3. The molecule has 8 nitrogen and oxygen atoms in total. The lowest BCUT2D eigenvalue weighted by Crippen LogP contribution is -2.09. The van der Waals surface area contributed by atoms with E-state index < -0.39 is 5.97 Å². The number of benzene rings is 4. The fourth-order valence-corrected chi connectivity index (χ4v) is 3.43. The zero-order valence-electron chi connectivity index (χ0n) is 22.7. The molecule has 0 atom stereocenters. The van der Waals surface area contributed by atoms with Gasteiger partial charge >= 0.3 is 5.97 Å². The van der Waals surface area contributed by atoms with E-state index in [4.69, 9.17) is 18.9 Å². The highest BCUT2D eigenvalue weighted by atomic mass is 16.5. The minimum absolute atomic E-state index is 0.000406. The maximum Gasteiger partial charge on any atom is 0.313 e. The van der Waals surface area contributed by atoms with Crippen molar-refractivity contribution in [2.75, 3.05) is 21.3 Å². The molecule has 0 saturated heterocycles. The molecule has 0 aliphatic heterocycles. The molecule has 0 spiro atoms. The molecule has 0 heterocycles. The van der Waals surface area contributed by atoms with E-state index >= 15 is 0 Å². The Balaban J connectivity index is 0.000000225. The predicted octanol–water partition coefficient (Wildman–Crippen LogP) is 6.92. The number of hydrogen-bond donors (Lipinski definition) is 0. The van der Waals surface area contributed by atoms with Crippen molar-refractivity contribution in [1.29, 1.82) is 0 Å². The summed E-state index contributed by atoms with van der Waals surface area (Å²) in [5, 5.41) is 0. The van der Waals surface area contributed by atoms with E-state index in [0.29, 0.717) is 39.9 Å². The summed E-state index contributed by atoms with van der Waals surface area (Å²) in [5.74, 6) is 2.52. The molecule has 0 fully saturated rings. The van der Waals surface area contributed by atoms with Crippen molar-refractivity contribution in [2.45, 2.75) is 13.3 Å². The number of methoxy groups -OCH3 is 3. The van der Waals surface area contributed by atoms with Gasteiger partial charge in [0.15, 0.2) is 34.6 Å². The Morgan fingerprint density at radius 2 is 1.02 bits per heavy atom. The number of Topliss-reactive ketones (excluding diaryl/α,β-unsaturated/α-hetero) is 2. The number of ether oxygens (including phenoxy) is 5. The van der Waals surface area contributed by atoms with Gasteiger partial charge in [-0.2, -0.15) is 0 Å². The first-order valence-electron chi connectivity index (χ1n) is 12.3. The van der Waals surface area contributed by atoms with Crippen molar-refractivity contribution in [1.82, 2.24) is 0 Å². The largest absolute Gasteiger partial charge is 0.493 e. The lowest BCUT2D eigenvalue weighted by atomic mass is 10.1. The number of rotatable bonds is 10. The molecule has 8 heteroatoms. The summed E-state index contributed by atoms with van der Waals surface area (Å²) >= 11 is 0. The molecule has 0 aliphatic rings. The first-order valence-corrected chi connectivity index (χ1v) is 12.3. The van der Waals surface area contributed by atoms with Crippen LogP contribution >= 0.6 is 0 Å². The number of carbonyl (C=O) groups is 3. The number of esters is 1. The van der Waals surface area contributed by atoms with E-state index in [2.05, 4.69) is 4.74 Å². The molecule has 206 valence electrons. The molecule has 4 rings (SSSR count).